The molecule has 0 atom stereocenters. The van der Waals surface area contributed by atoms with Crippen LogP contribution in [0.5, 0.6) is 0 Å². The highest BCUT2D eigenvalue weighted by Crippen LogP contribution is 2.25. The minimum Gasteiger partial charge on any atom is -0.459 e. The summed E-state index contributed by atoms with van der Waals surface area (Å²) in [5.41, 5.74) is 1.52. The first kappa shape index (κ1) is 16.7. The number of ether oxygens (including phenoxy) is 2. The maximum absolute atomic E-state index is 12.4. The van der Waals surface area contributed by atoms with E-state index in [0.29, 0.717) is 16.7 Å². The standard InChI is InChI=1S/C20H24O4/c1-2-14-13-15(19(21)23-16-7-3-4-8-16)11-12-18(14)20(22)24-17-9-5-6-10-17/h2,11-13,16-17H,1,3-10H2. The topological polar surface area (TPSA) is 52.6 Å². The van der Waals surface area contributed by atoms with Gasteiger partial charge in [-0.2, -0.15) is 0 Å². The zero-order valence-corrected chi connectivity index (χ0v) is 14.0. The first-order chi connectivity index (χ1) is 11.7. The van der Waals surface area contributed by atoms with Crippen LogP contribution in [0.3, 0.4) is 0 Å². The van der Waals surface area contributed by atoms with Crippen LogP contribution in [0.25, 0.3) is 6.08 Å². The maximum Gasteiger partial charge on any atom is 0.339 e. The summed E-state index contributed by atoms with van der Waals surface area (Å²) in [5.74, 6) is -0.673. The minimum absolute atomic E-state index is 0.0159. The van der Waals surface area contributed by atoms with Crippen LogP contribution in [0.15, 0.2) is 24.8 Å². The van der Waals surface area contributed by atoms with Crippen molar-refractivity contribution in [3.05, 3.63) is 41.5 Å². The van der Waals surface area contributed by atoms with Crippen LogP contribution in [0.4, 0.5) is 0 Å². The van der Waals surface area contributed by atoms with E-state index in [4.69, 9.17) is 9.47 Å². The van der Waals surface area contributed by atoms with Crippen LogP contribution in [0.2, 0.25) is 0 Å². The van der Waals surface area contributed by atoms with E-state index in [-0.39, 0.29) is 24.1 Å². The molecule has 2 aliphatic carbocycles. The molecular weight excluding hydrogens is 304 g/mol. The Balaban J connectivity index is 1.70. The lowest BCUT2D eigenvalue weighted by molar-refractivity contribution is 0.0302. The summed E-state index contributed by atoms with van der Waals surface area (Å²) in [6.45, 7) is 3.75. The molecule has 3 rings (SSSR count). The van der Waals surface area contributed by atoms with Gasteiger partial charge in [0, 0.05) is 0 Å². The van der Waals surface area contributed by atoms with Crippen molar-refractivity contribution in [2.24, 2.45) is 0 Å². The third-order valence-electron chi connectivity index (χ3n) is 4.88. The third-order valence-corrected chi connectivity index (χ3v) is 4.88. The van der Waals surface area contributed by atoms with Crippen molar-refractivity contribution in [2.45, 2.75) is 63.6 Å². The lowest BCUT2D eigenvalue weighted by Gasteiger charge is -2.14. The second kappa shape index (κ2) is 7.65. The highest BCUT2D eigenvalue weighted by molar-refractivity contribution is 5.97. The Hall–Kier alpha value is -2.10. The summed E-state index contributed by atoms with van der Waals surface area (Å²) in [4.78, 5) is 24.6. The Kier molecular flexibility index (Phi) is 5.34. The van der Waals surface area contributed by atoms with Crippen molar-refractivity contribution in [3.63, 3.8) is 0 Å². The fraction of sp³-hybridized carbons (Fsp3) is 0.500. The lowest BCUT2D eigenvalue weighted by Crippen LogP contribution is -2.17. The molecule has 2 saturated carbocycles. The monoisotopic (exact) mass is 328 g/mol. The normalized spacial score (nSPS) is 18.5. The Bertz CT molecular complexity index is 623. The smallest absolute Gasteiger partial charge is 0.339 e. The summed E-state index contributed by atoms with van der Waals surface area (Å²) < 4.78 is 11.1. The van der Waals surface area contributed by atoms with Gasteiger partial charge in [-0.1, -0.05) is 12.7 Å². The van der Waals surface area contributed by atoms with E-state index in [1.807, 2.05) is 0 Å². The molecule has 0 radical (unpaired) electrons. The van der Waals surface area contributed by atoms with Gasteiger partial charge in [0.15, 0.2) is 0 Å². The molecule has 2 fully saturated rings. The molecule has 4 heteroatoms. The Morgan fingerprint density at radius 3 is 2.00 bits per heavy atom. The molecule has 4 nitrogen and oxygen atoms in total. The van der Waals surface area contributed by atoms with Crippen LogP contribution in [-0.2, 0) is 9.47 Å². The van der Waals surface area contributed by atoms with E-state index in [2.05, 4.69) is 6.58 Å². The molecule has 2 aliphatic rings. The summed E-state index contributed by atoms with van der Waals surface area (Å²) in [6, 6.07) is 4.94. The third kappa shape index (κ3) is 3.86. The van der Waals surface area contributed by atoms with Crippen LogP contribution >= 0.6 is 0 Å². The summed E-state index contributed by atoms with van der Waals surface area (Å²) in [6.07, 6.45) is 9.80. The average molecular weight is 328 g/mol. The minimum atomic E-state index is -0.340. The van der Waals surface area contributed by atoms with Crippen LogP contribution < -0.4 is 0 Å². The largest absolute Gasteiger partial charge is 0.459 e. The molecule has 0 N–H and O–H groups in total. The molecule has 1 aromatic rings. The van der Waals surface area contributed by atoms with Crippen molar-refractivity contribution in [2.75, 3.05) is 0 Å². The highest BCUT2D eigenvalue weighted by Gasteiger charge is 2.23. The van der Waals surface area contributed by atoms with Crippen molar-refractivity contribution in [1.29, 1.82) is 0 Å². The quantitative estimate of drug-likeness (QED) is 0.745. The van der Waals surface area contributed by atoms with E-state index in [0.717, 1.165) is 51.4 Å². The van der Waals surface area contributed by atoms with Crippen molar-refractivity contribution < 1.29 is 19.1 Å². The number of carbonyl (C=O) groups excluding carboxylic acids is 2. The van der Waals surface area contributed by atoms with Gasteiger partial charge in [0.2, 0.25) is 0 Å². The first-order valence-corrected chi connectivity index (χ1v) is 8.86. The molecule has 0 spiro atoms. The van der Waals surface area contributed by atoms with Crippen LogP contribution in [-0.4, -0.2) is 24.1 Å². The SMILES string of the molecule is C=Cc1cc(C(=O)OC2CCCC2)ccc1C(=O)OC1CCCC1. The van der Waals surface area contributed by atoms with Gasteiger partial charge in [0.1, 0.15) is 12.2 Å². The summed E-state index contributed by atoms with van der Waals surface area (Å²) >= 11 is 0. The van der Waals surface area contributed by atoms with Crippen LogP contribution in [0, 0.1) is 0 Å². The second-order valence-corrected chi connectivity index (χ2v) is 6.63. The number of rotatable bonds is 5. The van der Waals surface area contributed by atoms with E-state index < -0.39 is 0 Å². The molecule has 24 heavy (non-hydrogen) atoms. The Labute approximate surface area is 142 Å². The van der Waals surface area contributed by atoms with Gasteiger partial charge in [-0.25, -0.2) is 9.59 Å². The number of hydrogen-bond acceptors (Lipinski definition) is 4. The molecule has 0 heterocycles. The van der Waals surface area contributed by atoms with E-state index in [1.54, 1.807) is 24.3 Å². The maximum atomic E-state index is 12.4. The van der Waals surface area contributed by atoms with Gasteiger partial charge in [0.05, 0.1) is 11.1 Å². The molecule has 0 unspecified atom stereocenters. The Morgan fingerprint density at radius 2 is 1.46 bits per heavy atom. The van der Waals surface area contributed by atoms with E-state index >= 15 is 0 Å². The number of esters is 2. The summed E-state index contributed by atoms with van der Waals surface area (Å²) in [7, 11) is 0. The van der Waals surface area contributed by atoms with Gasteiger partial charge in [-0.15, -0.1) is 0 Å². The lowest BCUT2D eigenvalue weighted by atomic mass is 10.0. The molecule has 1 aromatic carbocycles. The summed E-state index contributed by atoms with van der Waals surface area (Å²) in [5, 5.41) is 0. The molecule has 0 aromatic heterocycles. The predicted octanol–water partition coefficient (Wildman–Crippen LogP) is 4.53. The van der Waals surface area contributed by atoms with Crippen LogP contribution in [0.1, 0.15) is 77.6 Å². The van der Waals surface area contributed by atoms with E-state index in [1.165, 1.54) is 0 Å². The second-order valence-electron chi connectivity index (χ2n) is 6.63. The molecule has 0 bridgehead atoms. The van der Waals surface area contributed by atoms with Gasteiger partial charge in [-0.05, 0) is 75.1 Å². The zero-order chi connectivity index (χ0) is 16.9. The van der Waals surface area contributed by atoms with Crippen molar-refractivity contribution in [3.8, 4) is 0 Å². The van der Waals surface area contributed by atoms with Crippen molar-refractivity contribution >= 4 is 18.0 Å². The molecule has 0 aliphatic heterocycles. The first-order valence-electron chi connectivity index (χ1n) is 8.86. The average Bonchev–Trinajstić information content (AvgIpc) is 3.28. The van der Waals surface area contributed by atoms with Gasteiger partial charge < -0.3 is 9.47 Å². The van der Waals surface area contributed by atoms with Gasteiger partial charge >= 0.3 is 11.9 Å². The van der Waals surface area contributed by atoms with E-state index in [9.17, 15) is 9.59 Å². The Morgan fingerprint density at radius 1 is 0.917 bits per heavy atom. The predicted molar refractivity (Wildman–Crippen MR) is 91.9 cm³/mol. The molecular formula is C20H24O4. The van der Waals surface area contributed by atoms with Crippen molar-refractivity contribution in [1.82, 2.24) is 0 Å². The molecule has 128 valence electrons. The number of carbonyl (C=O) groups is 2. The number of benzene rings is 1. The molecule has 0 saturated heterocycles. The van der Waals surface area contributed by atoms with Gasteiger partial charge in [0.25, 0.3) is 0 Å². The highest BCUT2D eigenvalue weighted by atomic mass is 16.5. The fourth-order valence-electron chi connectivity index (χ4n) is 3.49. The fourth-order valence-corrected chi connectivity index (χ4v) is 3.49. The molecule has 0 amide bonds. The zero-order valence-electron chi connectivity index (χ0n) is 14.0. The van der Waals surface area contributed by atoms with Gasteiger partial charge in [-0.3, -0.25) is 0 Å². The number of hydrogen-bond donors (Lipinski definition) is 0.